The van der Waals surface area contributed by atoms with Crippen molar-refractivity contribution in [3.63, 3.8) is 0 Å². The number of nitrogens with one attached hydrogen (secondary N) is 3. The number of amides is 3. The van der Waals surface area contributed by atoms with Gasteiger partial charge < -0.3 is 25.8 Å². The second-order valence-electron chi connectivity index (χ2n) is 7.62. The standard InChI is InChI=1S/C22H24F3N3O4/c1-13-5-8-16(27-20(30)14-6-7-14)10-19(13)28-21(31)26-11-17(29)12-32-18-4-2-3-15(9-18)22(23,24)25/h2-5,8-10,14,17,29H,6-7,11-12H2,1H3,(H,27,30)(H2,26,28,31). The molecule has 0 aliphatic heterocycles. The van der Waals surface area contributed by atoms with E-state index < -0.39 is 23.9 Å². The molecule has 3 amide bonds. The zero-order valence-corrected chi connectivity index (χ0v) is 17.3. The summed E-state index contributed by atoms with van der Waals surface area (Å²) in [5, 5.41) is 17.9. The lowest BCUT2D eigenvalue weighted by atomic mass is 10.1. The molecule has 3 rings (SSSR count). The molecule has 10 heteroatoms. The number of alkyl halides is 3. The molecule has 1 fully saturated rings. The van der Waals surface area contributed by atoms with Crippen molar-refractivity contribution in [1.82, 2.24) is 5.32 Å². The van der Waals surface area contributed by atoms with Gasteiger partial charge in [-0.25, -0.2) is 4.79 Å². The summed E-state index contributed by atoms with van der Waals surface area (Å²) in [6.07, 6.45) is -3.87. The summed E-state index contributed by atoms with van der Waals surface area (Å²) >= 11 is 0. The van der Waals surface area contributed by atoms with E-state index in [2.05, 4.69) is 16.0 Å². The van der Waals surface area contributed by atoms with Gasteiger partial charge in [0.1, 0.15) is 18.5 Å². The third-order valence-corrected chi connectivity index (χ3v) is 4.80. The molecule has 2 aromatic rings. The third kappa shape index (κ3) is 6.88. The summed E-state index contributed by atoms with van der Waals surface area (Å²) in [7, 11) is 0. The van der Waals surface area contributed by atoms with Crippen molar-refractivity contribution < 1.29 is 32.6 Å². The molecular formula is C22H24F3N3O4. The van der Waals surface area contributed by atoms with Crippen LogP contribution in [0.3, 0.4) is 0 Å². The van der Waals surface area contributed by atoms with Gasteiger partial charge in [-0.05, 0) is 55.7 Å². The van der Waals surface area contributed by atoms with E-state index in [4.69, 9.17) is 4.74 Å². The van der Waals surface area contributed by atoms with Crippen molar-refractivity contribution in [2.45, 2.75) is 32.0 Å². The smallest absolute Gasteiger partial charge is 0.416 e. The lowest BCUT2D eigenvalue weighted by Crippen LogP contribution is -2.37. The minimum Gasteiger partial charge on any atom is -0.491 e. The van der Waals surface area contributed by atoms with Crippen LogP contribution in [0.5, 0.6) is 5.75 Å². The van der Waals surface area contributed by atoms with Crippen molar-refractivity contribution in [2.24, 2.45) is 5.92 Å². The van der Waals surface area contributed by atoms with Crippen LogP contribution >= 0.6 is 0 Å². The first-order valence-electron chi connectivity index (χ1n) is 10.1. The predicted octanol–water partition coefficient (Wildman–Crippen LogP) is 3.92. The van der Waals surface area contributed by atoms with Gasteiger partial charge in [-0.2, -0.15) is 13.2 Å². The molecule has 1 aliphatic carbocycles. The Bertz CT molecular complexity index is 977. The molecule has 7 nitrogen and oxygen atoms in total. The molecule has 32 heavy (non-hydrogen) atoms. The summed E-state index contributed by atoms with van der Waals surface area (Å²) in [5.41, 5.74) is 0.981. The van der Waals surface area contributed by atoms with Crippen molar-refractivity contribution in [1.29, 1.82) is 0 Å². The largest absolute Gasteiger partial charge is 0.491 e. The number of urea groups is 1. The fourth-order valence-electron chi connectivity index (χ4n) is 2.81. The van der Waals surface area contributed by atoms with E-state index in [0.29, 0.717) is 11.4 Å². The average molecular weight is 451 g/mol. The molecule has 1 saturated carbocycles. The number of aliphatic hydroxyl groups is 1. The van der Waals surface area contributed by atoms with Crippen LogP contribution in [-0.4, -0.2) is 36.3 Å². The third-order valence-electron chi connectivity index (χ3n) is 4.80. The van der Waals surface area contributed by atoms with E-state index in [1.807, 2.05) is 0 Å². The quantitative estimate of drug-likeness (QED) is 0.489. The first-order chi connectivity index (χ1) is 15.1. The Morgan fingerprint density at radius 2 is 1.91 bits per heavy atom. The number of aryl methyl sites for hydroxylation is 1. The van der Waals surface area contributed by atoms with Crippen LogP contribution in [-0.2, 0) is 11.0 Å². The minimum atomic E-state index is -4.49. The van der Waals surface area contributed by atoms with Crippen LogP contribution in [0.25, 0.3) is 0 Å². The number of ether oxygens (including phenoxy) is 1. The number of rotatable bonds is 8. The van der Waals surface area contributed by atoms with Crippen molar-refractivity contribution in [2.75, 3.05) is 23.8 Å². The molecule has 1 aliphatic rings. The molecule has 0 bridgehead atoms. The lowest BCUT2D eigenvalue weighted by molar-refractivity contribution is -0.137. The fraction of sp³-hybridized carbons (Fsp3) is 0.364. The molecule has 0 radical (unpaired) electrons. The highest BCUT2D eigenvalue weighted by molar-refractivity contribution is 5.96. The molecule has 0 spiro atoms. The van der Waals surface area contributed by atoms with Crippen LogP contribution in [0, 0.1) is 12.8 Å². The maximum absolute atomic E-state index is 12.7. The molecule has 2 aromatic carbocycles. The Labute approximate surface area is 183 Å². The van der Waals surface area contributed by atoms with E-state index in [9.17, 15) is 27.9 Å². The van der Waals surface area contributed by atoms with Crippen LogP contribution < -0.4 is 20.7 Å². The van der Waals surface area contributed by atoms with Crippen molar-refractivity contribution in [3.05, 3.63) is 53.6 Å². The minimum absolute atomic E-state index is 0.0380. The molecule has 0 saturated heterocycles. The lowest BCUT2D eigenvalue weighted by Gasteiger charge is -2.16. The first kappa shape index (κ1) is 23.4. The van der Waals surface area contributed by atoms with E-state index in [1.165, 1.54) is 12.1 Å². The second-order valence-corrected chi connectivity index (χ2v) is 7.62. The van der Waals surface area contributed by atoms with Crippen molar-refractivity contribution in [3.8, 4) is 5.75 Å². The van der Waals surface area contributed by atoms with Gasteiger partial charge in [0.15, 0.2) is 0 Å². The summed E-state index contributed by atoms with van der Waals surface area (Å²) in [6, 6.07) is 8.87. The van der Waals surface area contributed by atoms with Gasteiger partial charge in [0.05, 0.1) is 5.56 Å². The Balaban J connectivity index is 1.46. The van der Waals surface area contributed by atoms with Gasteiger partial charge in [0.25, 0.3) is 0 Å². The maximum Gasteiger partial charge on any atom is 0.416 e. The zero-order chi connectivity index (χ0) is 23.3. The summed E-state index contributed by atoms with van der Waals surface area (Å²) in [6.45, 7) is 1.31. The predicted molar refractivity (Wildman–Crippen MR) is 112 cm³/mol. The van der Waals surface area contributed by atoms with E-state index in [0.717, 1.165) is 30.5 Å². The number of halogens is 3. The Morgan fingerprint density at radius 1 is 1.16 bits per heavy atom. The van der Waals surface area contributed by atoms with Gasteiger partial charge in [-0.15, -0.1) is 0 Å². The Hall–Kier alpha value is -3.27. The van der Waals surface area contributed by atoms with E-state index in [1.54, 1.807) is 25.1 Å². The topological polar surface area (TPSA) is 99.7 Å². The first-order valence-corrected chi connectivity index (χ1v) is 10.1. The van der Waals surface area contributed by atoms with Crippen LogP contribution in [0.2, 0.25) is 0 Å². The SMILES string of the molecule is Cc1ccc(NC(=O)C2CC2)cc1NC(=O)NCC(O)COc1cccc(C(F)(F)F)c1. The highest BCUT2D eigenvalue weighted by atomic mass is 19.4. The molecule has 1 unspecified atom stereocenters. The maximum atomic E-state index is 12.7. The van der Waals surface area contributed by atoms with Crippen LogP contribution in [0.4, 0.5) is 29.3 Å². The Kier molecular flexibility index (Phi) is 7.24. The highest BCUT2D eigenvalue weighted by Gasteiger charge is 2.31. The summed E-state index contributed by atoms with van der Waals surface area (Å²) < 4.78 is 43.4. The Morgan fingerprint density at radius 3 is 2.59 bits per heavy atom. The molecule has 0 aromatic heterocycles. The van der Waals surface area contributed by atoms with Crippen LogP contribution in [0.1, 0.15) is 24.0 Å². The zero-order valence-electron chi connectivity index (χ0n) is 17.3. The van der Waals surface area contributed by atoms with Crippen molar-refractivity contribution >= 4 is 23.3 Å². The summed E-state index contributed by atoms with van der Waals surface area (Å²) in [5.74, 6) is -0.0344. The normalized spacial score (nSPS) is 14.4. The molecule has 1 atom stereocenters. The fourth-order valence-corrected chi connectivity index (χ4v) is 2.81. The average Bonchev–Trinajstić information content (AvgIpc) is 3.58. The van der Waals surface area contributed by atoms with Crippen LogP contribution in [0.15, 0.2) is 42.5 Å². The monoisotopic (exact) mass is 451 g/mol. The molecule has 172 valence electrons. The molecular weight excluding hydrogens is 427 g/mol. The number of hydrogen-bond acceptors (Lipinski definition) is 4. The number of benzene rings is 2. The van der Waals surface area contributed by atoms with Gasteiger partial charge >= 0.3 is 12.2 Å². The number of hydrogen-bond donors (Lipinski definition) is 4. The number of aliphatic hydroxyl groups excluding tert-OH is 1. The molecule has 4 N–H and O–H groups in total. The molecule has 0 heterocycles. The van der Waals surface area contributed by atoms with E-state index in [-0.39, 0.29) is 30.7 Å². The number of anilines is 2. The van der Waals surface area contributed by atoms with Gasteiger partial charge in [0.2, 0.25) is 5.91 Å². The van der Waals surface area contributed by atoms with E-state index >= 15 is 0 Å². The van der Waals surface area contributed by atoms with Gasteiger partial charge in [-0.1, -0.05) is 12.1 Å². The highest BCUT2D eigenvalue weighted by Crippen LogP contribution is 2.32. The summed E-state index contributed by atoms with van der Waals surface area (Å²) in [4.78, 5) is 24.1. The second kappa shape index (κ2) is 9.90. The van der Waals surface area contributed by atoms with Gasteiger partial charge in [0, 0.05) is 23.8 Å². The number of carbonyl (C=O) groups excluding carboxylic acids is 2. The van der Waals surface area contributed by atoms with Gasteiger partial charge in [-0.3, -0.25) is 4.79 Å². The number of carbonyl (C=O) groups is 2.